The Morgan fingerprint density at radius 3 is 2.50 bits per heavy atom. The Morgan fingerprint density at radius 2 is 1.89 bits per heavy atom. The predicted octanol–water partition coefficient (Wildman–Crippen LogP) is 1.31. The number of carbonyl (C=O) groups excluding carboxylic acids is 1. The fraction of sp³-hybridized carbons (Fsp3) is 0.700. The number of hydrogen-bond donors (Lipinski definition) is 3. The number of ether oxygens (including phenoxy) is 1. The van der Waals surface area contributed by atoms with E-state index in [0.717, 1.165) is 51.6 Å². The zero-order chi connectivity index (χ0) is 20.2. The Balaban J connectivity index is 1.77. The lowest BCUT2D eigenvalue weighted by molar-refractivity contribution is 0.00272. The molecule has 1 aromatic rings. The van der Waals surface area contributed by atoms with E-state index in [0.29, 0.717) is 30.8 Å². The van der Waals surface area contributed by atoms with E-state index in [4.69, 9.17) is 9.15 Å². The van der Waals surface area contributed by atoms with Gasteiger partial charge in [-0.1, -0.05) is 26.7 Å². The largest absolute Gasteiger partial charge is 0.459 e. The Bertz CT molecular complexity index is 581. The van der Waals surface area contributed by atoms with E-state index in [1.54, 1.807) is 19.2 Å². The lowest BCUT2D eigenvalue weighted by Crippen LogP contribution is -2.53. The molecule has 2 heterocycles. The van der Waals surface area contributed by atoms with Crippen LogP contribution in [0.15, 0.2) is 27.8 Å². The highest BCUT2D eigenvalue weighted by molar-refractivity contribution is 5.91. The first kappa shape index (κ1) is 22.2. The molecule has 0 saturated carbocycles. The van der Waals surface area contributed by atoms with Crippen LogP contribution in [0, 0.1) is 5.92 Å². The first-order chi connectivity index (χ1) is 13.7. The van der Waals surface area contributed by atoms with Gasteiger partial charge in [0, 0.05) is 45.8 Å². The highest BCUT2D eigenvalue weighted by Gasteiger charge is 2.26. The average Bonchev–Trinajstić information content (AvgIpc) is 3.28. The number of rotatable bonds is 10. The number of hydrogen-bond acceptors (Lipinski definition) is 5. The van der Waals surface area contributed by atoms with E-state index in [-0.39, 0.29) is 5.91 Å². The van der Waals surface area contributed by atoms with Crippen molar-refractivity contribution in [2.75, 3.05) is 53.0 Å². The molecule has 0 aliphatic carbocycles. The van der Waals surface area contributed by atoms with E-state index >= 15 is 0 Å². The molecule has 1 fully saturated rings. The first-order valence-corrected chi connectivity index (χ1v) is 10.3. The number of carbonyl (C=O) groups is 1. The van der Waals surface area contributed by atoms with Gasteiger partial charge in [-0.25, -0.2) is 0 Å². The van der Waals surface area contributed by atoms with Gasteiger partial charge in [0.15, 0.2) is 11.7 Å². The highest BCUT2D eigenvalue weighted by Crippen LogP contribution is 2.19. The number of nitrogens with one attached hydrogen (secondary N) is 3. The van der Waals surface area contributed by atoms with Gasteiger partial charge in [-0.15, -0.1) is 0 Å². The molecule has 3 N–H and O–H groups in total. The zero-order valence-electron chi connectivity index (χ0n) is 17.4. The van der Waals surface area contributed by atoms with Gasteiger partial charge in [0.25, 0.3) is 5.91 Å². The maximum atomic E-state index is 11.9. The lowest BCUT2D eigenvalue weighted by atomic mass is 9.92. The average molecular weight is 394 g/mol. The van der Waals surface area contributed by atoms with Crippen molar-refractivity contribution in [1.82, 2.24) is 20.9 Å². The van der Waals surface area contributed by atoms with Gasteiger partial charge in [0.1, 0.15) is 0 Å². The SMILES string of the molecule is CCC(CC)C(CNC(=NC)NCCNC(=O)c1ccco1)N1CCOCC1. The van der Waals surface area contributed by atoms with Gasteiger partial charge in [0.2, 0.25) is 0 Å². The quantitative estimate of drug-likeness (QED) is 0.315. The van der Waals surface area contributed by atoms with Crippen molar-refractivity contribution in [1.29, 1.82) is 0 Å². The van der Waals surface area contributed by atoms with E-state index in [2.05, 4.69) is 39.7 Å². The van der Waals surface area contributed by atoms with Crippen molar-refractivity contribution in [2.24, 2.45) is 10.9 Å². The van der Waals surface area contributed by atoms with Crippen molar-refractivity contribution in [3.8, 4) is 0 Å². The third-order valence-electron chi connectivity index (χ3n) is 5.26. The van der Waals surface area contributed by atoms with Gasteiger partial charge >= 0.3 is 0 Å². The molecule has 1 aliphatic heterocycles. The van der Waals surface area contributed by atoms with Crippen LogP contribution in [0.3, 0.4) is 0 Å². The minimum absolute atomic E-state index is 0.212. The van der Waals surface area contributed by atoms with Crippen LogP contribution in [0.4, 0.5) is 0 Å². The van der Waals surface area contributed by atoms with E-state index < -0.39 is 0 Å². The Hall–Kier alpha value is -2.06. The molecule has 1 aliphatic rings. The van der Waals surface area contributed by atoms with Crippen molar-refractivity contribution in [3.63, 3.8) is 0 Å². The number of furan rings is 1. The second-order valence-electron chi connectivity index (χ2n) is 6.91. The molecule has 0 bridgehead atoms. The molecule has 0 spiro atoms. The summed E-state index contributed by atoms with van der Waals surface area (Å²) < 4.78 is 10.6. The summed E-state index contributed by atoms with van der Waals surface area (Å²) >= 11 is 0. The molecule has 158 valence electrons. The molecular weight excluding hydrogens is 358 g/mol. The minimum Gasteiger partial charge on any atom is -0.459 e. The van der Waals surface area contributed by atoms with Gasteiger partial charge < -0.3 is 25.1 Å². The van der Waals surface area contributed by atoms with Gasteiger partial charge in [-0.05, 0) is 18.1 Å². The summed E-state index contributed by atoms with van der Waals surface area (Å²) in [4.78, 5) is 18.7. The highest BCUT2D eigenvalue weighted by atomic mass is 16.5. The number of nitrogens with zero attached hydrogens (tertiary/aromatic N) is 2. The van der Waals surface area contributed by atoms with Gasteiger partial charge in [0.05, 0.1) is 19.5 Å². The van der Waals surface area contributed by atoms with Crippen molar-refractivity contribution in [3.05, 3.63) is 24.2 Å². The summed E-state index contributed by atoms with van der Waals surface area (Å²) in [5.74, 6) is 1.49. The molecule has 1 aromatic heterocycles. The maximum Gasteiger partial charge on any atom is 0.287 e. The Kier molecular flexibility index (Phi) is 9.85. The van der Waals surface area contributed by atoms with Crippen LogP contribution < -0.4 is 16.0 Å². The second kappa shape index (κ2) is 12.4. The topological polar surface area (TPSA) is 91.1 Å². The summed E-state index contributed by atoms with van der Waals surface area (Å²) in [7, 11) is 1.76. The molecule has 28 heavy (non-hydrogen) atoms. The molecule has 0 aromatic carbocycles. The standard InChI is InChI=1S/C20H35N5O3/c1-4-16(5-2)17(25-10-13-27-14-11-25)15-24-20(21-3)23-9-8-22-19(26)18-7-6-12-28-18/h6-7,12,16-17H,4-5,8-11,13-15H2,1-3H3,(H,22,26)(H2,21,23,24). The molecule has 1 unspecified atom stereocenters. The first-order valence-electron chi connectivity index (χ1n) is 10.3. The third kappa shape index (κ3) is 6.83. The number of aliphatic imine (C=N–C) groups is 1. The molecule has 8 heteroatoms. The van der Waals surface area contributed by atoms with Crippen LogP contribution in [0.25, 0.3) is 0 Å². The van der Waals surface area contributed by atoms with E-state index in [1.165, 1.54) is 6.26 Å². The fourth-order valence-corrected chi connectivity index (χ4v) is 3.61. The predicted molar refractivity (Wildman–Crippen MR) is 111 cm³/mol. The molecule has 8 nitrogen and oxygen atoms in total. The molecule has 1 amide bonds. The van der Waals surface area contributed by atoms with Crippen LogP contribution in [0.2, 0.25) is 0 Å². The molecule has 2 rings (SSSR count). The van der Waals surface area contributed by atoms with E-state index in [1.807, 2.05) is 0 Å². The zero-order valence-corrected chi connectivity index (χ0v) is 17.4. The van der Waals surface area contributed by atoms with E-state index in [9.17, 15) is 4.79 Å². The minimum atomic E-state index is -0.212. The summed E-state index contributed by atoms with van der Waals surface area (Å²) in [6.45, 7) is 10.00. The number of morpholine rings is 1. The van der Waals surface area contributed by atoms with Gasteiger partial charge in [-0.3, -0.25) is 14.7 Å². The molecule has 1 atom stereocenters. The van der Waals surface area contributed by atoms with Crippen LogP contribution in [-0.4, -0.2) is 75.8 Å². The number of guanidine groups is 1. The summed E-state index contributed by atoms with van der Waals surface area (Å²) in [6.07, 6.45) is 3.81. The number of amides is 1. The van der Waals surface area contributed by atoms with Crippen molar-refractivity contribution in [2.45, 2.75) is 32.7 Å². The van der Waals surface area contributed by atoms with Crippen LogP contribution >= 0.6 is 0 Å². The van der Waals surface area contributed by atoms with Crippen LogP contribution in [-0.2, 0) is 4.74 Å². The monoisotopic (exact) mass is 393 g/mol. The Labute approximate surface area is 168 Å². The second-order valence-corrected chi connectivity index (χ2v) is 6.91. The lowest BCUT2D eigenvalue weighted by Gasteiger charge is -2.39. The van der Waals surface area contributed by atoms with Gasteiger partial charge in [-0.2, -0.15) is 0 Å². The van der Waals surface area contributed by atoms with Crippen LogP contribution in [0.5, 0.6) is 0 Å². The van der Waals surface area contributed by atoms with Crippen LogP contribution in [0.1, 0.15) is 37.2 Å². The Morgan fingerprint density at radius 1 is 1.18 bits per heavy atom. The fourth-order valence-electron chi connectivity index (χ4n) is 3.61. The molecular formula is C20H35N5O3. The molecule has 0 radical (unpaired) electrons. The smallest absolute Gasteiger partial charge is 0.287 e. The maximum absolute atomic E-state index is 11.9. The summed E-state index contributed by atoms with van der Waals surface area (Å²) in [6, 6.07) is 3.80. The van der Waals surface area contributed by atoms with Crippen molar-refractivity contribution < 1.29 is 13.9 Å². The van der Waals surface area contributed by atoms with Crippen molar-refractivity contribution >= 4 is 11.9 Å². The normalized spacial score (nSPS) is 16.8. The molecule has 1 saturated heterocycles. The third-order valence-corrected chi connectivity index (χ3v) is 5.26. The summed E-state index contributed by atoms with van der Waals surface area (Å²) in [5.41, 5.74) is 0. The summed E-state index contributed by atoms with van der Waals surface area (Å²) in [5, 5.41) is 9.53.